The highest BCUT2D eigenvalue weighted by atomic mass is 28.3. The van der Waals surface area contributed by atoms with E-state index in [1.165, 1.54) is 24.9 Å². The maximum absolute atomic E-state index is 4.35. The zero-order valence-corrected chi connectivity index (χ0v) is 12.8. The molecule has 0 aliphatic carbocycles. The Hall–Kier alpha value is -1.11. The Bertz CT molecular complexity index is 479. The number of likely N-dealkylation sites (tertiary alicyclic amines) is 1. The van der Waals surface area contributed by atoms with E-state index in [2.05, 4.69) is 54.1 Å². The van der Waals surface area contributed by atoms with Crippen molar-refractivity contribution in [3.05, 3.63) is 29.6 Å². The molecule has 1 unspecified atom stereocenters. The van der Waals surface area contributed by atoms with Crippen LogP contribution in [0.25, 0.3) is 0 Å². The van der Waals surface area contributed by atoms with Crippen molar-refractivity contribution in [2.24, 2.45) is 0 Å². The number of nitrogens with zero attached hydrogens (tertiary/aromatic N) is 2. The molecule has 1 aromatic rings. The van der Waals surface area contributed by atoms with Crippen molar-refractivity contribution >= 4 is 8.07 Å². The average Bonchev–Trinajstić information content (AvgIpc) is 2.72. The quantitative estimate of drug-likeness (QED) is 0.568. The highest BCUT2D eigenvalue weighted by Crippen LogP contribution is 2.29. The van der Waals surface area contributed by atoms with Gasteiger partial charge in [0.15, 0.2) is 0 Å². The van der Waals surface area contributed by atoms with E-state index in [0.29, 0.717) is 6.04 Å². The minimum Gasteiger partial charge on any atom is -0.299 e. The van der Waals surface area contributed by atoms with E-state index in [9.17, 15) is 0 Å². The summed E-state index contributed by atoms with van der Waals surface area (Å²) in [5.41, 5.74) is 5.78. The Labute approximate surface area is 111 Å². The first-order valence-electron chi connectivity index (χ1n) is 6.64. The van der Waals surface area contributed by atoms with Crippen LogP contribution in [0.1, 0.15) is 30.0 Å². The molecule has 1 atom stereocenters. The van der Waals surface area contributed by atoms with E-state index < -0.39 is 8.07 Å². The molecule has 0 spiro atoms. The number of hydrogen-bond donors (Lipinski definition) is 0. The van der Waals surface area contributed by atoms with Gasteiger partial charge in [0.05, 0.1) is 0 Å². The smallest absolute Gasteiger partial charge is 0.129 e. The maximum Gasteiger partial charge on any atom is 0.129 e. The van der Waals surface area contributed by atoms with Crippen LogP contribution >= 0.6 is 0 Å². The Balaban J connectivity index is 2.22. The van der Waals surface area contributed by atoms with Crippen molar-refractivity contribution in [2.75, 3.05) is 13.6 Å². The first kappa shape index (κ1) is 13.3. The van der Waals surface area contributed by atoms with Crippen molar-refractivity contribution in [1.82, 2.24) is 9.88 Å². The number of hydrogen-bond acceptors (Lipinski definition) is 2. The minimum absolute atomic E-state index is 0.533. The van der Waals surface area contributed by atoms with Crippen molar-refractivity contribution in [2.45, 2.75) is 38.5 Å². The molecular weight excluding hydrogens is 236 g/mol. The van der Waals surface area contributed by atoms with Crippen LogP contribution in [-0.2, 0) is 0 Å². The minimum atomic E-state index is -1.30. The standard InChI is InChI=1S/C15H22N2Si/c1-17-8-5-6-15(17)14-10-13(11-16-12-14)7-9-18(2,3)4/h10-12,15H,5-6,8H2,1-4H3. The van der Waals surface area contributed by atoms with Crippen LogP contribution in [-0.4, -0.2) is 31.6 Å². The monoisotopic (exact) mass is 258 g/mol. The van der Waals surface area contributed by atoms with Gasteiger partial charge < -0.3 is 0 Å². The molecule has 3 heteroatoms. The molecule has 0 aromatic carbocycles. The van der Waals surface area contributed by atoms with E-state index in [1.807, 2.05) is 12.4 Å². The Kier molecular flexibility index (Phi) is 3.89. The molecule has 1 aliphatic rings. The molecule has 0 N–H and O–H groups in total. The molecule has 1 aromatic heterocycles. The van der Waals surface area contributed by atoms with Gasteiger partial charge in [0.2, 0.25) is 0 Å². The first-order chi connectivity index (χ1) is 8.46. The van der Waals surface area contributed by atoms with Gasteiger partial charge in [-0.25, -0.2) is 0 Å². The van der Waals surface area contributed by atoms with Crippen LogP contribution in [0.15, 0.2) is 18.5 Å². The van der Waals surface area contributed by atoms with Gasteiger partial charge in [0, 0.05) is 24.0 Å². The van der Waals surface area contributed by atoms with Crippen molar-refractivity contribution in [3.8, 4) is 11.5 Å². The Morgan fingerprint density at radius 3 is 2.72 bits per heavy atom. The number of aromatic nitrogens is 1. The lowest BCUT2D eigenvalue weighted by molar-refractivity contribution is 0.317. The zero-order valence-electron chi connectivity index (χ0n) is 11.8. The van der Waals surface area contributed by atoms with Gasteiger partial charge in [-0.05, 0) is 38.1 Å². The molecular formula is C15H22N2Si. The molecule has 0 saturated carbocycles. The van der Waals surface area contributed by atoms with Crippen molar-refractivity contribution in [1.29, 1.82) is 0 Å². The Morgan fingerprint density at radius 1 is 1.33 bits per heavy atom. The molecule has 2 rings (SSSR count). The lowest BCUT2D eigenvalue weighted by atomic mass is 10.1. The van der Waals surface area contributed by atoms with Gasteiger partial charge in [0.25, 0.3) is 0 Å². The number of pyridine rings is 1. The van der Waals surface area contributed by atoms with Crippen LogP contribution < -0.4 is 0 Å². The topological polar surface area (TPSA) is 16.1 Å². The molecule has 1 saturated heterocycles. The highest BCUT2D eigenvalue weighted by Gasteiger charge is 2.22. The third-order valence-corrected chi connectivity index (χ3v) is 4.12. The second-order valence-electron chi connectivity index (χ2n) is 6.15. The third kappa shape index (κ3) is 3.44. The molecule has 0 bridgehead atoms. The fourth-order valence-electron chi connectivity index (χ4n) is 2.30. The van der Waals surface area contributed by atoms with Crippen LogP contribution in [0.4, 0.5) is 0 Å². The van der Waals surface area contributed by atoms with Gasteiger partial charge in [-0.3, -0.25) is 9.88 Å². The SMILES string of the molecule is CN1CCCC1c1cncc(C#C[Si](C)(C)C)c1. The van der Waals surface area contributed by atoms with E-state index >= 15 is 0 Å². The summed E-state index contributed by atoms with van der Waals surface area (Å²) in [7, 11) is 0.891. The zero-order chi connectivity index (χ0) is 13.2. The molecule has 2 nitrogen and oxygen atoms in total. The van der Waals surface area contributed by atoms with Gasteiger partial charge in [-0.15, -0.1) is 5.54 Å². The third-order valence-electron chi connectivity index (χ3n) is 3.25. The van der Waals surface area contributed by atoms with Crippen LogP contribution in [0.3, 0.4) is 0 Å². The summed E-state index contributed by atoms with van der Waals surface area (Å²) in [6, 6.07) is 2.75. The summed E-state index contributed by atoms with van der Waals surface area (Å²) in [6.45, 7) is 7.99. The Morgan fingerprint density at radius 2 is 2.11 bits per heavy atom. The highest BCUT2D eigenvalue weighted by molar-refractivity contribution is 6.83. The lowest BCUT2D eigenvalue weighted by Gasteiger charge is -2.19. The summed E-state index contributed by atoms with van der Waals surface area (Å²) < 4.78 is 0. The fourth-order valence-corrected chi connectivity index (χ4v) is 2.82. The molecule has 1 aliphatic heterocycles. The van der Waals surface area contributed by atoms with E-state index in [-0.39, 0.29) is 0 Å². The van der Waals surface area contributed by atoms with Crippen LogP contribution in [0.5, 0.6) is 0 Å². The summed E-state index contributed by atoms with van der Waals surface area (Å²) in [5.74, 6) is 3.29. The summed E-state index contributed by atoms with van der Waals surface area (Å²) in [4.78, 5) is 6.76. The molecule has 0 radical (unpaired) electrons. The van der Waals surface area contributed by atoms with Crippen LogP contribution in [0, 0.1) is 11.5 Å². The summed E-state index contributed by atoms with van der Waals surface area (Å²) >= 11 is 0. The molecule has 1 fully saturated rings. The van der Waals surface area contributed by atoms with Gasteiger partial charge >= 0.3 is 0 Å². The fraction of sp³-hybridized carbons (Fsp3) is 0.533. The summed E-state index contributed by atoms with van der Waals surface area (Å²) in [5, 5.41) is 0. The second kappa shape index (κ2) is 5.25. The number of rotatable bonds is 1. The summed E-state index contributed by atoms with van der Waals surface area (Å²) in [6.07, 6.45) is 6.40. The lowest BCUT2D eigenvalue weighted by Crippen LogP contribution is -2.18. The second-order valence-corrected chi connectivity index (χ2v) is 10.9. The first-order valence-corrected chi connectivity index (χ1v) is 10.1. The molecule has 96 valence electrons. The van der Waals surface area contributed by atoms with E-state index in [0.717, 1.165) is 5.56 Å². The maximum atomic E-state index is 4.35. The average molecular weight is 258 g/mol. The predicted molar refractivity (Wildman–Crippen MR) is 79.1 cm³/mol. The molecule has 0 amide bonds. The molecule has 2 heterocycles. The normalized spacial score (nSPS) is 20.6. The predicted octanol–water partition coefficient (Wildman–Crippen LogP) is 3.08. The van der Waals surface area contributed by atoms with Gasteiger partial charge in [-0.1, -0.05) is 25.6 Å². The van der Waals surface area contributed by atoms with E-state index in [4.69, 9.17) is 0 Å². The largest absolute Gasteiger partial charge is 0.299 e. The molecule has 18 heavy (non-hydrogen) atoms. The van der Waals surface area contributed by atoms with Crippen molar-refractivity contribution < 1.29 is 0 Å². The van der Waals surface area contributed by atoms with Gasteiger partial charge in [0.1, 0.15) is 8.07 Å². The van der Waals surface area contributed by atoms with E-state index in [1.54, 1.807) is 0 Å². The van der Waals surface area contributed by atoms with Gasteiger partial charge in [-0.2, -0.15) is 0 Å². The van der Waals surface area contributed by atoms with Crippen LogP contribution in [0.2, 0.25) is 19.6 Å². The van der Waals surface area contributed by atoms with Crippen molar-refractivity contribution in [3.63, 3.8) is 0 Å².